The molecule has 1 fully saturated rings. The van der Waals surface area contributed by atoms with Crippen LogP contribution in [0.1, 0.15) is 30.6 Å². The maximum absolute atomic E-state index is 13.4. The van der Waals surface area contributed by atoms with Gasteiger partial charge in [-0.25, -0.2) is 13.1 Å². The number of sulfonamides is 1. The Kier molecular flexibility index (Phi) is 6.53. The molecular weight excluding hydrogens is 440 g/mol. The Morgan fingerprint density at radius 1 is 1.06 bits per heavy atom. The summed E-state index contributed by atoms with van der Waals surface area (Å²) in [6, 6.07) is 15.6. The van der Waals surface area contributed by atoms with Crippen LogP contribution in [0.5, 0.6) is 5.75 Å². The Morgan fingerprint density at radius 3 is 2.42 bits per heavy atom. The smallest absolute Gasteiger partial charge is 0.256 e. The van der Waals surface area contributed by atoms with Crippen molar-refractivity contribution >= 4 is 21.7 Å². The van der Waals surface area contributed by atoms with Crippen molar-refractivity contribution in [3.05, 3.63) is 66.4 Å². The maximum atomic E-state index is 13.4. The lowest BCUT2D eigenvalue weighted by atomic mass is 9.94. The third-order valence-electron chi connectivity index (χ3n) is 5.73. The minimum Gasteiger partial charge on any atom is -0.495 e. The van der Waals surface area contributed by atoms with Crippen LogP contribution in [0.3, 0.4) is 0 Å². The highest BCUT2D eigenvalue weighted by molar-refractivity contribution is 7.89. The number of hydrogen-bond acceptors (Lipinski definition) is 5. The highest BCUT2D eigenvalue weighted by atomic mass is 32.2. The van der Waals surface area contributed by atoms with E-state index in [1.165, 1.54) is 23.5 Å². The van der Waals surface area contributed by atoms with Crippen molar-refractivity contribution in [2.45, 2.75) is 25.2 Å². The van der Waals surface area contributed by atoms with Crippen LogP contribution >= 0.6 is 0 Å². The Labute approximate surface area is 194 Å². The average molecular weight is 469 g/mol. The lowest BCUT2D eigenvalue weighted by Gasteiger charge is -2.34. The number of ether oxygens (including phenoxy) is 1. The second kappa shape index (κ2) is 9.36. The largest absolute Gasteiger partial charge is 0.495 e. The number of rotatable bonds is 6. The first-order valence-corrected chi connectivity index (χ1v) is 12.3. The Bertz CT molecular complexity index is 1230. The van der Waals surface area contributed by atoms with Gasteiger partial charge in [-0.2, -0.15) is 9.40 Å². The van der Waals surface area contributed by atoms with Crippen molar-refractivity contribution in [3.63, 3.8) is 0 Å². The van der Waals surface area contributed by atoms with Crippen molar-refractivity contribution in [2.75, 3.05) is 25.5 Å². The molecule has 0 spiro atoms. The molecule has 1 aromatic heterocycles. The lowest BCUT2D eigenvalue weighted by Crippen LogP contribution is -2.42. The summed E-state index contributed by atoms with van der Waals surface area (Å²) in [4.78, 5) is 12.9. The van der Waals surface area contributed by atoms with Gasteiger partial charge in [-0.3, -0.25) is 4.79 Å². The summed E-state index contributed by atoms with van der Waals surface area (Å²) in [6.45, 7) is 4.99. The van der Waals surface area contributed by atoms with E-state index in [2.05, 4.69) is 10.4 Å². The number of carbonyl (C=O) groups excluding carboxylic acids is 1. The molecule has 0 saturated carbocycles. The standard InChI is InChI=1S/C24H28N4O4S/c1-17-13-18(2)16-27(15-17)33(30,31)22-14-19(9-10-21(22)32-3)24(29)25-23-11-12-28(26-23)20-7-5-4-6-8-20/h4-12,14,17-18H,13,15-16H2,1-3H3,(H,25,26,29). The second-order valence-electron chi connectivity index (χ2n) is 8.57. The first-order chi connectivity index (χ1) is 15.8. The molecule has 8 nitrogen and oxygen atoms in total. The third-order valence-corrected chi connectivity index (χ3v) is 7.58. The van der Waals surface area contributed by atoms with Crippen molar-refractivity contribution in [1.29, 1.82) is 0 Å². The SMILES string of the molecule is COc1ccc(C(=O)Nc2ccn(-c3ccccc3)n2)cc1S(=O)(=O)N1CC(C)CC(C)C1. The summed E-state index contributed by atoms with van der Waals surface area (Å²) < 4.78 is 35.4. The molecule has 3 aromatic rings. The fourth-order valence-corrected chi connectivity index (χ4v) is 6.13. The Morgan fingerprint density at radius 2 is 1.76 bits per heavy atom. The van der Waals surface area contributed by atoms with Gasteiger partial charge in [-0.1, -0.05) is 32.0 Å². The average Bonchev–Trinajstić information content (AvgIpc) is 3.27. The first-order valence-electron chi connectivity index (χ1n) is 10.9. The number of nitrogens with one attached hydrogen (secondary N) is 1. The molecule has 9 heteroatoms. The van der Waals surface area contributed by atoms with E-state index >= 15 is 0 Å². The quantitative estimate of drug-likeness (QED) is 0.594. The predicted octanol–water partition coefficient (Wildman–Crippen LogP) is 3.80. The van der Waals surface area contributed by atoms with Crippen LogP contribution < -0.4 is 10.1 Å². The van der Waals surface area contributed by atoms with Crippen molar-refractivity contribution in [1.82, 2.24) is 14.1 Å². The topological polar surface area (TPSA) is 93.5 Å². The van der Waals surface area contributed by atoms with E-state index in [0.717, 1.165) is 12.1 Å². The van der Waals surface area contributed by atoms with Crippen molar-refractivity contribution in [2.24, 2.45) is 11.8 Å². The zero-order valence-corrected chi connectivity index (χ0v) is 19.7. The highest BCUT2D eigenvalue weighted by Gasteiger charge is 2.34. The van der Waals surface area contributed by atoms with Gasteiger partial charge in [-0.15, -0.1) is 0 Å². The molecule has 1 aliphatic rings. The molecule has 2 heterocycles. The van der Waals surface area contributed by atoms with Gasteiger partial charge in [-0.05, 0) is 48.6 Å². The number of anilines is 1. The number of methoxy groups -OCH3 is 1. The van der Waals surface area contributed by atoms with Crippen LogP contribution in [-0.4, -0.2) is 48.6 Å². The van der Waals surface area contributed by atoms with Gasteiger partial charge >= 0.3 is 0 Å². The molecule has 0 radical (unpaired) electrons. The molecule has 0 bridgehead atoms. The molecule has 1 saturated heterocycles. The van der Waals surface area contributed by atoms with Gasteiger partial charge in [0.25, 0.3) is 5.91 Å². The van der Waals surface area contributed by atoms with E-state index in [4.69, 9.17) is 4.74 Å². The van der Waals surface area contributed by atoms with Gasteiger partial charge in [0.1, 0.15) is 10.6 Å². The Balaban J connectivity index is 1.59. The summed E-state index contributed by atoms with van der Waals surface area (Å²) in [6.07, 6.45) is 2.73. The summed E-state index contributed by atoms with van der Waals surface area (Å²) >= 11 is 0. The number of para-hydroxylation sites is 1. The number of benzene rings is 2. The fourth-order valence-electron chi connectivity index (χ4n) is 4.26. The molecule has 1 amide bonds. The van der Waals surface area contributed by atoms with E-state index in [9.17, 15) is 13.2 Å². The molecule has 2 aromatic carbocycles. The monoisotopic (exact) mass is 468 g/mol. The molecular formula is C24H28N4O4S. The van der Waals surface area contributed by atoms with Gasteiger partial charge in [0.2, 0.25) is 10.0 Å². The van der Waals surface area contributed by atoms with Crippen LogP contribution in [0, 0.1) is 11.8 Å². The highest BCUT2D eigenvalue weighted by Crippen LogP contribution is 2.32. The van der Waals surface area contributed by atoms with Crippen LogP contribution in [0.4, 0.5) is 5.82 Å². The van der Waals surface area contributed by atoms with Gasteiger partial charge in [0.05, 0.1) is 12.8 Å². The minimum absolute atomic E-state index is 0.00577. The molecule has 33 heavy (non-hydrogen) atoms. The van der Waals surface area contributed by atoms with Crippen LogP contribution in [0.25, 0.3) is 5.69 Å². The summed E-state index contributed by atoms with van der Waals surface area (Å²) in [5.41, 5.74) is 1.07. The number of piperidine rings is 1. The maximum Gasteiger partial charge on any atom is 0.256 e. The van der Waals surface area contributed by atoms with E-state index in [1.54, 1.807) is 23.0 Å². The van der Waals surface area contributed by atoms with E-state index < -0.39 is 15.9 Å². The van der Waals surface area contributed by atoms with Gasteiger partial charge in [0, 0.05) is 30.9 Å². The number of nitrogens with zero attached hydrogens (tertiary/aromatic N) is 3. The zero-order chi connectivity index (χ0) is 23.6. The molecule has 4 rings (SSSR count). The summed E-state index contributed by atoms with van der Waals surface area (Å²) in [5, 5.41) is 7.11. The number of carbonyl (C=O) groups is 1. The van der Waals surface area contributed by atoms with Crippen LogP contribution in [0.15, 0.2) is 65.7 Å². The number of aromatic nitrogens is 2. The molecule has 2 atom stereocenters. The molecule has 174 valence electrons. The number of amides is 1. The predicted molar refractivity (Wildman–Crippen MR) is 126 cm³/mol. The third kappa shape index (κ3) is 4.94. The van der Waals surface area contributed by atoms with E-state index in [0.29, 0.717) is 18.9 Å². The minimum atomic E-state index is -3.82. The first kappa shape index (κ1) is 23.0. The van der Waals surface area contributed by atoms with Gasteiger partial charge in [0.15, 0.2) is 5.82 Å². The number of hydrogen-bond donors (Lipinski definition) is 1. The lowest BCUT2D eigenvalue weighted by molar-refractivity contribution is 0.102. The van der Waals surface area contributed by atoms with E-state index in [-0.39, 0.29) is 28.0 Å². The normalized spacial score (nSPS) is 19.2. The second-order valence-corrected chi connectivity index (χ2v) is 10.5. The molecule has 0 aliphatic carbocycles. The summed E-state index contributed by atoms with van der Waals surface area (Å²) in [7, 11) is -2.40. The fraction of sp³-hybridized carbons (Fsp3) is 0.333. The van der Waals surface area contributed by atoms with Crippen molar-refractivity contribution in [3.8, 4) is 11.4 Å². The zero-order valence-electron chi connectivity index (χ0n) is 18.9. The van der Waals surface area contributed by atoms with Crippen molar-refractivity contribution < 1.29 is 17.9 Å². The molecule has 1 N–H and O–H groups in total. The van der Waals surface area contributed by atoms with E-state index in [1.807, 2.05) is 44.2 Å². The van der Waals surface area contributed by atoms with Crippen LogP contribution in [0.2, 0.25) is 0 Å². The van der Waals surface area contributed by atoms with Gasteiger partial charge < -0.3 is 10.1 Å². The summed E-state index contributed by atoms with van der Waals surface area (Å²) in [5.74, 6) is 0.655. The molecule has 1 aliphatic heterocycles. The molecule has 2 unspecified atom stereocenters. The Hall–Kier alpha value is -3.17. The van der Waals surface area contributed by atoms with Crippen LogP contribution in [-0.2, 0) is 10.0 Å².